The second kappa shape index (κ2) is 5.50. The molecule has 2 unspecified atom stereocenters. The van der Waals surface area contributed by atoms with Gasteiger partial charge >= 0.3 is 0 Å². The zero-order valence-electron chi connectivity index (χ0n) is 10.5. The Bertz CT molecular complexity index is 502. The van der Waals surface area contributed by atoms with Crippen molar-refractivity contribution in [1.29, 1.82) is 0 Å². The molecule has 18 heavy (non-hydrogen) atoms. The molecule has 4 nitrogen and oxygen atoms in total. The van der Waals surface area contributed by atoms with Gasteiger partial charge in [-0.3, -0.25) is 0 Å². The fourth-order valence-electron chi connectivity index (χ4n) is 2.08. The Hall–Kier alpha value is -0.0800. The molecule has 102 valence electrons. The minimum atomic E-state index is -3.34. The third-order valence-electron chi connectivity index (χ3n) is 2.85. The van der Waals surface area contributed by atoms with Gasteiger partial charge in [-0.2, -0.15) is 16.1 Å². The number of nitrogens with two attached hydrogens (primary N) is 1. The van der Waals surface area contributed by atoms with Crippen LogP contribution in [0.3, 0.4) is 0 Å². The Balaban J connectivity index is 2.25. The largest absolute Gasteiger partial charge is 0.326 e. The van der Waals surface area contributed by atoms with Crippen LogP contribution in [-0.2, 0) is 16.6 Å². The first-order valence-corrected chi connectivity index (χ1v) is 9.13. The van der Waals surface area contributed by atoms with Gasteiger partial charge in [-0.15, -0.1) is 11.3 Å². The van der Waals surface area contributed by atoms with Gasteiger partial charge in [-0.05, 0) is 6.07 Å². The van der Waals surface area contributed by atoms with Crippen molar-refractivity contribution in [2.45, 2.75) is 35.8 Å². The Morgan fingerprint density at radius 3 is 2.50 bits per heavy atom. The van der Waals surface area contributed by atoms with E-state index in [2.05, 4.69) is 13.8 Å². The highest BCUT2D eigenvalue weighted by molar-refractivity contribution is 8.00. The molecule has 1 aromatic rings. The quantitative estimate of drug-likeness (QED) is 0.923. The fourth-order valence-corrected chi connectivity index (χ4v) is 6.35. The van der Waals surface area contributed by atoms with E-state index < -0.39 is 10.0 Å². The van der Waals surface area contributed by atoms with Gasteiger partial charge in [0, 0.05) is 40.4 Å². The van der Waals surface area contributed by atoms with Crippen molar-refractivity contribution >= 4 is 33.1 Å². The summed E-state index contributed by atoms with van der Waals surface area (Å²) < 4.78 is 26.6. The van der Waals surface area contributed by atoms with E-state index in [9.17, 15) is 8.42 Å². The van der Waals surface area contributed by atoms with Crippen LogP contribution < -0.4 is 5.73 Å². The molecule has 1 aromatic heterocycles. The van der Waals surface area contributed by atoms with Gasteiger partial charge in [-0.25, -0.2) is 8.42 Å². The summed E-state index contributed by atoms with van der Waals surface area (Å²) in [5, 5.41) is 2.38. The molecule has 2 heterocycles. The van der Waals surface area contributed by atoms with E-state index >= 15 is 0 Å². The average molecular weight is 306 g/mol. The van der Waals surface area contributed by atoms with Crippen LogP contribution >= 0.6 is 23.1 Å². The Kier molecular flexibility index (Phi) is 4.38. The van der Waals surface area contributed by atoms with Gasteiger partial charge in [0.2, 0.25) is 10.0 Å². The maximum atomic E-state index is 12.5. The predicted octanol–water partition coefficient (Wildman–Crippen LogP) is 1.72. The monoisotopic (exact) mass is 306 g/mol. The van der Waals surface area contributed by atoms with Crippen molar-refractivity contribution in [3.05, 3.63) is 16.3 Å². The highest BCUT2D eigenvalue weighted by atomic mass is 32.2. The number of nitrogens with zero attached hydrogens (tertiary/aromatic N) is 1. The van der Waals surface area contributed by atoms with Crippen molar-refractivity contribution in [2.24, 2.45) is 5.73 Å². The number of hydrogen-bond donors (Lipinski definition) is 1. The first-order chi connectivity index (χ1) is 8.43. The average Bonchev–Trinajstić information content (AvgIpc) is 2.76. The lowest BCUT2D eigenvalue weighted by Crippen LogP contribution is -2.43. The molecular weight excluding hydrogens is 288 g/mol. The van der Waals surface area contributed by atoms with E-state index in [1.165, 1.54) is 11.3 Å². The summed E-state index contributed by atoms with van der Waals surface area (Å²) in [6, 6.07) is 1.69. The molecule has 2 atom stereocenters. The summed E-state index contributed by atoms with van der Waals surface area (Å²) in [6.45, 7) is 5.71. The summed E-state index contributed by atoms with van der Waals surface area (Å²) in [7, 11) is -3.34. The molecule has 0 amide bonds. The summed E-state index contributed by atoms with van der Waals surface area (Å²) in [4.78, 5) is 1.29. The number of thioether (sulfide) groups is 1. The van der Waals surface area contributed by atoms with Crippen LogP contribution in [0, 0.1) is 0 Å². The Morgan fingerprint density at radius 1 is 1.39 bits per heavy atom. The maximum Gasteiger partial charge on any atom is 0.243 e. The van der Waals surface area contributed by atoms with Crippen molar-refractivity contribution in [2.75, 3.05) is 13.1 Å². The van der Waals surface area contributed by atoms with Gasteiger partial charge in [0.1, 0.15) is 0 Å². The van der Waals surface area contributed by atoms with Crippen LogP contribution in [0.4, 0.5) is 0 Å². The van der Waals surface area contributed by atoms with E-state index in [4.69, 9.17) is 5.73 Å². The van der Waals surface area contributed by atoms with Crippen LogP contribution in [0.15, 0.2) is 16.3 Å². The number of thiophene rings is 1. The minimum absolute atomic E-state index is 0.344. The normalized spacial score (nSPS) is 26.4. The number of rotatable bonds is 3. The van der Waals surface area contributed by atoms with Crippen molar-refractivity contribution in [3.63, 3.8) is 0 Å². The molecule has 1 saturated heterocycles. The zero-order valence-corrected chi connectivity index (χ0v) is 12.9. The molecule has 2 N–H and O–H groups in total. The Labute approximate surface area is 117 Å². The SMILES string of the molecule is CC1CN(S(=O)(=O)c2csc(CN)c2)CC(C)S1. The fraction of sp³-hybridized carbons (Fsp3) is 0.636. The van der Waals surface area contributed by atoms with E-state index in [0.29, 0.717) is 35.0 Å². The van der Waals surface area contributed by atoms with E-state index in [1.807, 2.05) is 11.8 Å². The first kappa shape index (κ1) is 14.3. The van der Waals surface area contributed by atoms with Gasteiger partial charge in [0.05, 0.1) is 4.90 Å². The molecule has 0 aromatic carbocycles. The molecule has 2 rings (SSSR count). The van der Waals surface area contributed by atoms with Crippen LogP contribution in [0.25, 0.3) is 0 Å². The van der Waals surface area contributed by atoms with Crippen LogP contribution in [-0.4, -0.2) is 36.3 Å². The third kappa shape index (κ3) is 2.91. The van der Waals surface area contributed by atoms with E-state index in [-0.39, 0.29) is 0 Å². The zero-order chi connectivity index (χ0) is 13.3. The number of hydrogen-bond acceptors (Lipinski definition) is 5. The molecule has 0 spiro atoms. The van der Waals surface area contributed by atoms with Crippen LogP contribution in [0.5, 0.6) is 0 Å². The maximum absolute atomic E-state index is 12.5. The first-order valence-electron chi connectivity index (χ1n) is 5.86. The molecule has 0 bridgehead atoms. The molecule has 0 radical (unpaired) electrons. The van der Waals surface area contributed by atoms with Crippen molar-refractivity contribution in [1.82, 2.24) is 4.31 Å². The number of sulfonamides is 1. The summed E-state index contributed by atoms with van der Waals surface area (Å²) in [5.41, 5.74) is 5.53. The topological polar surface area (TPSA) is 63.4 Å². The third-order valence-corrected chi connectivity index (χ3v) is 7.00. The lowest BCUT2D eigenvalue weighted by Gasteiger charge is -2.33. The second-order valence-electron chi connectivity index (χ2n) is 4.53. The lowest BCUT2D eigenvalue weighted by atomic mass is 10.4. The summed E-state index contributed by atoms with van der Waals surface area (Å²) in [5.74, 6) is 0. The van der Waals surface area contributed by atoms with E-state index in [1.54, 1.807) is 15.8 Å². The summed E-state index contributed by atoms with van der Waals surface area (Å²) in [6.07, 6.45) is 0. The molecule has 1 aliphatic heterocycles. The van der Waals surface area contributed by atoms with Gasteiger partial charge in [0.15, 0.2) is 0 Å². The van der Waals surface area contributed by atoms with Crippen molar-refractivity contribution < 1.29 is 8.42 Å². The summed E-state index contributed by atoms with van der Waals surface area (Å²) >= 11 is 3.25. The predicted molar refractivity (Wildman–Crippen MR) is 77.5 cm³/mol. The minimum Gasteiger partial charge on any atom is -0.326 e. The molecule has 0 saturated carbocycles. The van der Waals surface area contributed by atoms with Crippen LogP contribution in [0.2, 0.25) is 0 Å². The molecule has 1 aliphatic rings. The highest BCUT2D eigenvalue weighted by Gasteiger charge is 2.32. The second-order valence-corrected chi connectivity index (χ2v) is 9.35. The molecule has 1 fully saturated rings. The van der Waals surface area contributed by atoms with Crippen molar-refractivity contribution in [3.8, 4) is 0 Å². The van der Waals surface area contributed by atoms with Gasteiger partial charge in [0.25, 0.3) is 0 Å². The molecular formula is C11H18N2O2S3. The lowest BCUT2D eigenvalue weighted by molar-refractivity contribution is 0.405. The van der Waals surface area contributed by atoms with E-state index in [0.717, 1.165) is 4.88 Å². The molecule has 7 heteroatoms. The molecule has 0 aliphatic carbocycles. The standard InChI is InChI=1S/C11H18N2O2S3/c1-8-5-13(6-9(2)17-8)18(14,15)11-3-10(4-12)16-7-11/h3,7-9H,4-6,12H2,1-2H3. The Morgan fingerprint density at radius 2 is 2.00 bits per heavy atom. The van der Waals surface area contributed by atoms with Crippen LogP contribution in [0.1, 0.15) is 18.7 Å². The highest BCUT2D eigenvalue weighted by Crippen LogP contribution is 2.30. The smallest absolute Gasteiger partial charge is 0.243 e. The van der Waals surface area contributed by atoms with Gasteiger partial charge in [-0.1, -0.05) is 13.8 Å². The van der Waals surface area contributed by atoms with Gasteiger partial charge < -0.3 is 5.73 Å².